The zero-order valence-corrected chi connectivity index (χ0v) is 13.4. The summed E-state index contributed by atoms with van der Waals surface area (Å²) in [5, 5.41) is 0. The number of nitrogens with zero attached hydrogens (tertiary/aromatic N) is 1. The van der Waals surface area contributed by atoms with Crippen molar-refractivity contribution in [2.45, 2.75) is 19.8 Å². The maximum atomic E-state index is 5.89. The summed E-state index contributed by atoms with van der Waals surface area (Å²) in [7, 11) is 0. The van der Waals surface area contributed by atoms with Crippen LogP contribution in [0.1, 0.15) is 18.4 Å². The number of benzene rings is 1. The third-order valence-corrected chi connectivity index (χ3v) is 3.86. The smallest absolute Gasteiger partial charge is 0.240 e. The van der Waals surface area contributed by atoms with Crippen LogP contribution in [0, 0.1) is 12.8 Å². The minimum atomic E-state index is 0.453. The first-order valence-electron chi connectivity index (χ1n) is 6.95. The van der Waals surface area contributed by atoms with Crippen molar-refractivity contribution in [3.05, 3.63) is 40.4 Å². The molecule has 0 atom stereocenters. The van der Waals surface area contributed by atoms with Gasteiger partial charge in [-0.3, -0.25) is 0 Å². The van der Waals surface area contributed by atoms with Crippen molar-refractivity contribution in [1.82, 2.24) is 4.98 Å². The summed E-state index contributed by atoms with van der Waals surface area (Å²) >= 11 is 3.44. The number of anilines is 1. The minimum absolute atomic E-state index is 0.453. The molecule has 0 saturated heterocycles. The van der Waals surface area contributed by atoms with E-state index in [2.05, 4.69) is 20.9 Å². The van der Waals surface area contributed by atoms with Crippen molar-refractivity contribution in [3.63, 3.8) is 0 Å². The Morgan fingerprint density at radius 2 is 2.10 bits per heavy atom. The number of aryl methyl sites for hydroxylation is 1. The Labute approximate surface area is 132 Å². The van der Waals surface area contributed by atoms with E-state index < -0.39 is 0 Å². The van der Waals surface area contributed by atoms with Gasteiger partial charge in [0.05, 0.1) is 12.3 Å². The molecule has 0 aliphatic heterocycles. The topological polar surface area (TPSA) is 57.4 Å². The first-order chi connectivity index (χ1) is 10.1. The highest BCUT2D eigenvalue weighted by Crippen LogP contribution is 2.32. The van der Waals surface area contributed by atoms with Gasteiger partial charge < -0.3 is 15.2 Å². The van der Waals surface area contributed by atoms with Crippen molar-refractivity contribution < 1.29 is 9.47 Å². The average molecular weight is 349 g/mol. The summed E-state index contributed by atoms with van der Waals surface area (Å²) in [4.78, 5) is 4.35. The molecule has 1 heterocycles. The van der Waals surface area contributed by atoms with Crippen LogP contribution in [-0.2, 0) is 0 Å². The third kappa shape index (κ3) is 3.67. The highest BCUT2D eigenvalue weighted by molar-refractivity contribution is 9.10. The Kier molecular flexibility index (Phi) is 4.01. The van der Waals surface area contributed by atoms with E-state index in [1.807, 2.05) is 25.1 Å². The summed E-state index contributed by atoms with van der Waals surface area (Å²) in [6.07, 6.45) is 2.46. The number of nitrogen functional groups attached to an aromatic ring is 1. The molecule has 0 bridgehead atoms. The van der Waals surface area contributed by atoms with Crippen molar-refractivity contribution in [3.8, 4) is 17.5 Å². The molecule has 0 spiro atoms. The summed E-state index contributed by atoms with van der Waals surface area (Å²) in [5.41, 5.74) is 7.46. The summed E-state index contributed by atoms with van der Waals surface area (Å²) < 4.78 is 12.5. The molecule has 0 amide bonds. The van der Waals surface area contributed by atoms with Gasteiger partial charge in [0.25, 0.3) is 0 Å². The van der Waals surface area contributed by atoms with Crippen LogP contribution < -0.4 is 15.2 Å². The van der Waals surface area contributed by atoms with Crippen molar-refractivity contribution in [2.75, 3.05) is 12.3 Å². The van der Waals surface area contributed by atoms with E-state index in [0.717, 1.165) is 15.8 Å². The molecule has 0 unspecified atom stereocenters. The SMILES string of the molecule is Cc1cc(Br)ccc1Oc1ccc(N)c(OCC2CC2)n1. The number of rotatable bonds is 5. The second-order valence-electron chi connectivity index (χ2n) is 5.31. The number of pyridine rings is 1. The van der Waals surface area contributed by atoms with Crippen LogP contribution in [0.25, 0.3) is 0 Å². The Morgan fingerprint density at radius 3 is 2.81 bits per heavy atom. The Hall–Kier alpha value is -1.75. The Bertz CT molecular complexity index is 657. The number of nitrogens with two attached hydrogens (primary N) is 1. The fraction of sp³-hybridized carbons (Fsp3) is 0.312. The van der Waals surface area contributed by atoms with Gasteiger partial charge in [0.1, 0.15) is 5.75 Å². The Morgan fingerprint density at radius 1 is 1.29 bits per heavy atom. The van der Waals surface area contributed by atoms with Gasteiger partial charge in [-0.2, -0.15) is 4.98 Å². The predicted octanol–water partition coefficient (Wildman–Crippen LogP) is 4.32. The van der Waals surface area contributed by atoms with E-state index in [0.29, 0.717) is 30.0 Å². The maximum absolute atomic E-state index is 5.89. The van der Waals surface area contributed by atoms with E-state index in [9.17, 15) is 0 Å². The molecule has 2 N–H and O–H groups in total. The fourth-order valence-corrected chi connectivity index (χ4v) is 2.40. The van der Waals surface area contributed by atoms with Crippen molar-refractivity contribution in [1.29, 1.82) is 0 Å². The second kappa shape index (κ2) is 5.93. The molecule has 0 radical (unpaired) electrons. The highest BCUT2D eigenvalue weighted by atomic mass is 79.9. The summed E-state index contributed by atoms with van der Waals surface area (Å²) in [6, 6.07) is 9.35. The Balaban J connectivity index is 1.76. The number of hydrogen-bond donors (Lipinski definition) is 1. The first-order valence-corrected chi connectivity index (χ1v) is 7.74. The van der Waals surface area contributed by atoms with Gasteiger partial charge >= 0.3 is 0 Å². The highest BCUT2D eigenvalue weighted by Gasteiger charge is 2.22. The molecule has 110 valence electrons. The van der Waals surface area contributed by atoms with Gasteiger partial charge in [0.2, 0.25) is 11.8 Å². The number of aromatic nitrogens is 1. The van der Waals surface area contributed by atoms with Gasteiger partial charge in [-0.1, -0.05) is 15.9 Å². The zero-order chi connectivity index (χ0) is 14.8. The number of hydrogen-bond acceptors (Lipinski definition) is 4. The van der Waals surface area contributed by atoms with E-state index in [4.69, 9.17) is 15.2 Å². The quantitative estimate of drug-likeness (QED) is 0.874. The predicted molar refractivity (Wildman–Crippen MR) is 85.8 cm³/mol. The lowest BCUT2D eigenvalue weighted by atomic mass is 10.2. The van der Waals surface area contributed by atoms with Crippen molar-refractivity contribution >= 4 is 21.6 Å². The molecule has 21 heavy (non-hydrogen) atoms. The molecule has 1 aliphatic rings. The number of halogens is 1. The van der Waals surface area contributed by atoms with E-state index in [1.165, 1.54) is 12.8 Å². The molecule has 1 aromatic heterocycles. The standard InChI is InChI=1S/C16H17BrN2O2/c1-10-8-12(17)4-6-14(10)21-15-7-5-13(18)16(19-15)20-9-11-2-3-11/h4-8,11H,2-3,9,18H2,1H3. The monoisotopic (exact) mass is 348 g/mol. The molecule has 2 aromatic rings. The lowest BCUT2D eigenvalue weighted by Crippen LogP contribution is -2.04. The molecule has 5 heteroatoms. The molecule has 3 rings (SSSR count). The van der Waals surface area contributed by atoms with Crippen LogP contribution in [0.5, 0.6) is 17.5 Å². The summed E-state index contributed by atoms with van der Waals surface area (Å²) in [6.45, 7) is 2.67. The fourth-order valence-electron chi connectivity index (χ4n) is 1.93. The normalized spacial score (nSPS) is 14.0. The molecular formula is C16H17BrN2O2. The van der Waals surface area contributed by atoms with Crippen LogP contribution in [0.2, 0.25) is 0 Å². The zero-order valence-electron chi connectivity index (χ0n) is 11.8. The lowest BCUT2D eigenvalue weighted by molar-refractivity contribution is 0.286. The minimum Gasteiger partial charge on any atom is -0.476 e. The van der Waals surface area contributed by atoms with E-state index >= 15 is 0 Å². The third-order valence-electron chi connectivity index (χ3n) is 3.37. The van der Waals surface area contributed by atoms with Crippen LogP contribution >= 0.6 is 15.9 Å². The van der Waals surface area contributed by atoms with Crippen LogP contribution in [0.3, 0.4) is 0 Å². The maximum Gasteiger partial charge on any atom is 0.240 e. The van der Waals surface area contributed by atoms with Gasteiger partial charge in [-0.15, -0.1) is 0 Å². The van der Waals surface area contributed by atoms with Crippen LogP contribution in [0.4, 0.5) is 5.69 Å². The lowest BCUT2D eigenvalue weighted by Gasteiger charge is -2.11. The van der Waals surface area contributed by atoms with E-state index in [1.54, 1.807) is 12.1 Å². The number of ether oxygens (including phenoxy) is 2. The average Bonchev–Trinajstić information content (AvgIpc) is 3.26. The van der Waals surface area contributed by atoms with Gasteiger partial charge in [0, 0.05) is 10.5 Å². The molecule has 1 saturated carbocycles. The van der Waals surface area contributed by atoms with Crippen LogP contribution in [-0.4, -0.2) is 11.6 Å². The van der Waals surface area contributed by atoms with Crippen LogP contribution in [0.15, 0.2) is 34.8 Å². The summed E-state index contributed by atoms with van der Waals surface area (Å²) in [5.74, 6) is 2.36. The van der Waals surface area contributed by atoms with E-state index in [-0.39, 0.29) is 0 Å². The molecule has 1 aromatic carbocycles. The molecule has 4 nitrogen and oxygen atoms in total. The van der Waals surface area contributed by atoms with Gasteiger partial charge in [-0.25, -0.2) is 0 Å². The second-order valence-corrected chi connectivity index (χ2v) is 6.23. The van der Waals surface area contributed by atoms with Gasteiger partial charge in [0.15, 0.2) is 0 Å². The largest absolute Gasteiger partial charge is 0.476 e. The van der Waals surface area contributed by atoms with Gasteiger partial charge in [-0.05, 0) is 55.5 Å². The first kappa shape index (κ1) is 14.2. The van der Waals surface area contributed by atoms with Crippen molar-refractivity contribution in [2.24, 2.45) is 5.92 Å². The molecule has 1 aliphatic carbocycles. The molecule has 1 fully saturated rings. The molecular weight excluding hydrogens is 332 g/mol.